The van der Waals surface area contributed by atoms with Crippen molar-refractivity contribution < 1.29 is 8.42 Å². The van der Waals surface area contributed by atoms with E-state index < -0.39 is 16.1 Å². The first-order chi connectivity index (χ1) is 9.40. The maximum Gasteiger partial charge on any atom is 0.242 e. The van der Waals surface area contributed by atoms with Gasteiger partial charge in [-0.3, -0.25) is 4.98 Å². The average molecular weight is 332 g/mol. The molecule has 1 N–H and O–H groups in total. The lowest BCUT2D eigenvalue weighted by molar-refractivity contribution is 0.566. The van der Waals surface area contributed by atoms with Crippen molar-refractivity contribution in [2.24, 2.45) is 0 Å². The maximum atomic E-state index is 12.2. The highest BCUT2D eigenvalue weighted by Gasteiger charge is 2.20. The van der Waals surface area contributed by atoms with Crippen molar-refractivity contribution in [3.63, 3.8) is 0 Å². The molecule has 1 unspecified atom stereocenters. The number of sulfonamides is 1. The first kappa shape index (κ1) is 15.2. The molecule has 8 heteroatoms. The predicted octanol–water partition coefficient (Wildman–Crippen LogP) is 2.82. The Morgan fingerprint density at radius 3 is 2.65 bits per heavy atom. The third-order valence-electron chi connectivity index (χ3n) is 2.60. The highest BCUT2D eigenvalue weighted by Crippen LogP contribution is 2.23. The minimum absolute atomic E-state index is 0.0392. The molecule has 106 valence electrons. The number of nitrogens with zero attached hydrogens (tertiary/aromatic N) is 2. The Kier molecular flexibility index (Phi) is 4.59. The second-order valence-electron chi connectivity index (χ2n) is 4.07. The molecule has 0 amide bonds. The van der Waals surface area contributed by atoms with E-state index in [1.165, 1.54) is 6.07 Å². The summed E-state index contributed by atoms with van der Waals surface area (Å²) in [7, 11) is -3.73. The Balaban J connectivity index is 2.25. The van der Waals surface area contributed by atoms with Crippen molar-refractivity contribution in [3.8, 4) is 0 Å². The summed E-state index contributed by atoms with van der Waals surface area (Å²) >= 11 is 11.4. The van der Waals surface area contributed by atoms with Crippen molar-refractivity contribution in [3.05, 3.63) is 52.5 Å². The van der Waals surface area contributed by atoms with Crippen LogP contribution >= 0.6 is 23.2 Å². The van der Waals surface area contributed by atoms with Gasteiger partial charge in [0.2, 0.25) is 10.0 Å². The first-order valence-corrected chi connectivity index (χ1v) is 7.87. The molecule has 0 aliphatic heterocycles. The zero-order valence-corrected chi connectivity index (χ0v) is 12.7. The average Bonchev–Trinajstić information content (AvgIpc) is 2.42. The van der Waals surface area contributed by atoms with Crippen LogP contribution in [0.2, 0.25) is 10.2 Å². The molecule has 2 rings (SSSR count). The predicted molar refractivity (Wildman–Crippen MR) is 77.2 cm³/mol. The van der Waals surface area contributed by atoms with E-state index in [1.54, 1.807) is 31.5 Å². The quantitative estimate of drug-likeness (QED) is 0.874. The van der Waals surface area contributed by atoms with Crippen LogP contribution in [-0.2, 0) is 10.0 Å². The van der Waals surface area contributed by atoms with Gasteiger partial charge in [-0.2, -0.15) is 0 Å². The van der Waals surface area contributed by atoms with Crippen LogP contribution in [0.1, 0.15) is 18.5 Å². The van der Waals surface area contributed by atoms with Crippen molar-refractivity contribution >= 4 is 33.2 Å². The van der Waals surface area contributed by atoms with Crippen molar-refractivity contribution in [1.29, 1.82) is 0 Å². The summed E-state index contributed by atoms with van der Waals surface area (Å²) in [6.45, 7) is 1.72. The molecule has 1 atom stereocenters. The number of hydrogen-bond acceptors (Lipinski definition) is 4. The summed E-state index contributed by atoms with van der Waals surface area (Å²) in [4.78, 5) is 7.64. The van der Waals surface area contributed by atoms with Crippen LogP contribution in [0.4, 0.5) is 0 Å². The molecule has 20 heavy (non-hydrogen) atoms. The van der Waals surface area contributed by atoms with Crippen molar-refractivity contribution in [1.82, 2.24) is 14.7 Å². The largest absolute Gasteiger partial charge is 0.264 e. The fourth-order valence-electron chi connectivity index (χ4n) is 1.55. The van der Waals surface area contributed by atoms with E-state index in [0.717, 1.165) is 11.8 Å². The van der Waals surface area contributed by atoms with E-state index in [4.69, 9.17) is 23.2 Å². The Bertz CT molecular complexity index is 708. The third kappa shape index (κ3) is 3.46. The van der Waals surface area contributed by atoms with Crippen LogP contribution in [0.3, 0.4) is 0 Å². The molecular weight excluding hydrogens is 321 g/mol. The molecule has 0 saturated carbocycles. The normalized spacial score (nSPS) is 13.2. The van der Waals surface area contributed by atoms with Crippen LogP contribution < -0.4 is 4.72 Å². The maximum absolute atomic E-state index is 12.2. The fraction of sp³-hybridized carbons (Fsp3) is 0.167. The van der Waals surface area contributed by atoms with Crippen LogP contribution in [0.15, 0.2) is 41.7 Å². The number of hydrogen-bond donors (Lipinski definition) is 1. The number of rotatable bonds is 4. The van der Waals surface area contributed by atoms with Crippen molar-refractivity contribution in [2.45, 2.75) is 17.9 Å². The van der Waals surface area contributed by atoms with Gasteiger partial charge in [0.25, 0.3) is 0 Å². The summed E-state index contributed by atoms with van der Waals surface area (Å²) in [5.41, 5.74) is 0.754. The molecular formula is C12H11Cl2N3O2S. The highest BCUT2D eigenvalue weighted by molar-refractivity contribution is 7.89. The van der Waals surface area contributed by atoms with Crippen LogP contribution in [-0.4, -0.2) is 18.4 Å². The molecule has 0 bridgehead atoms. The second-order valence-corrected chi connectivity index (χ2v) is 6.55. The van der Waals surface area contributed by atoms with Gasteiger partial charge in [0.15, 0.2) is 0 Å². The van der Waals surface area contributed by atoms with E-state index in [2.05, 4.69) is 14.7 Å². The topological polar surface area (TPSA) is 72.0 Å². The lowest BCUT2D eigenvalue weighted by Gasteiger charge is -2.14. The minimum atomic E-state index is -3.73. The number of nitrogens with one attached hydrogen (secondary N) is 1. The lowest BCUT2D eigenvalue weighted by atomic mass is 10.2. The van der Waals surface area contributed by atoms with Gasteiger partial charge in [-0.1, -0.05) is 29.3 Å². The molecule has 0 aliphatic carbocycles. The van der Waals surface area contributed by atoms with E-state index >= 15 is 0 Å². The van der Waals surface area contributed by atoms with Gasteiger partial charge in [0.1, 0.15) is 10.0 Å². The number of pyridine rings is 2. The van der Waals surface area contributed by atoms with Gasteiger partial charge >= 0.3 is 0 Å². The standard InChI is InChI=1S/C12H11Cl2N3O2S/c1-8(9-3-2-4-15-6-9)17-20(18,19)10-5-11(13)12(14)16-7-10/h2-8,17H,1H3. The zero-order chi connectivity index (χ0) is 14.8. The number of aromatic nitrogens is 2. The number of halogens is 2. The monoisotopic (exact) mass is 331 g/mol. The Labute approximate surface area is 127 Å². The van der Waals surface area contributed by atoms with Gasteiger partial charge in [-0.15, -0.1) is 0 Å². The smallest absolute Gasteiger partial charge is 0.242 e. The second kappa shape index (κ2) is 6.05. The molecule has 0 saturated heterocycles. The van der Waals surface area contributed by atoms with Gasteiger partial charge in [0.05, 0.1) is 5.02 Å². The fourth-order valence-corrected chi connectivity index (χ4v) is 3.09. The van der Waals surface area contributed by atoms with Gasteiger partial charge in [0, 0.05) is 24.6 Å². The highest BCUT2D eigenvalue weighted by atomic mass is 35.5. The molecule has 0 aliphatic rings. The molecule has 2 aromatic heterocycles. The summed E-state index contributed by atoms with van der Waals surface area (Å²) in [5.74, 6) is 0. The lowest BCUT2D eigenvalue weighted by Crippen LogP contribution is -2.27. The molecule has 2 aromatic rings. The van der Waals surface area contributed by atoms with Crippen LogP contribution in [0.5, 0.6) is 0 Å². The van der Waals surface area contributed by atoms with Crippen molar-refractivity contribution in [2.75, 3.05) is 0 Å². The molecule has 0 fully saturated rings. The first-order valence-electron chi connectivity index (χ1n) is 5.63. The summed E-state index contributed by atoms with van der Waals surface area (Å²) < 4.78 is 26.9. The molecule has 5 nitrogen and oxygen atoms in total. The van der Waals surface area contributed by atoms with E-state index in [9.17, 15) is 8.42 Å². The zero-order valence-electron chi connectivity index (χ0n) is 10.4. The van der Waals surface area contributed by atoms with Gasteiger partial charge in [-0.25, -0.2) is 18.1 Å². The summed E-state index contributed by atoms with van der Waals surface area (Å²) in [6.07, 6.45) is 4.38. The Morgan fingerprint density at radius 1 is 1.30 bits per heavy atom. The van der Waals surface area contributed by atoms with E-state index in [-0.39, 0.29) is 15.1 Å². The molecule has 0 spiro atoms. The SMILES string of the molecule is CC(NS(=O)(=O)c1cnc(Cl)c(Cl)c1)c1cccnc1. The van der Waals surface area contributed by atoms with Gasteiger partial charge < -0.3 is 0 Å². The third-order valence-corrected chi connectivity index (χ3v) is 4.79. The minimum Gasteiger partial charge on any atom is -0.264 e. The van der Waals surface area contributed by atoms with E-state index in [1.807, 2.05) is 0 Å². The van der Waals surface area contributed by atoms with E-state index in [0.29, 0.717) is 0 Å². The Morgan fingerprint density at radius 2 is 2.05 bits per heavy atom. The summed E-state index contributed by atoms with van der Waals surface area (Å²) in [6, 6.07) is 4.35. The van der Waals surface area contributed by atoms with Gasteiger partial charge in [-0.05, 0) is 24.6 Å². The molecule has 2 heterocycles. The van der Waals surface area contributed by atoms with Crippen LogP contribution in [0.25, 0.3) is 0 Å². The molecule has 0 radical (unpaired) electrons. The Hall–Kier alpha value is -1.21. The molecule has 0 aromatic carbocycles. The van der Waals surface area contributed by atoms with Crippen LogP contribution in [0, 0.1) is 0 Å². The summed E-state index contributed by atoms with van der Waals surface area (Å²) in [5, 5.41) is 0.148.